The Morgan fingerprint density at radius 2 is 2.13 bits per heavy atom. The molecular weight excluding hydrogens is 197 g/mol. The normalized spacial score (nSPS) is 10.2. The quantitative estimate of drug-likeness (QED) is 0.741. The third-order valence-electron chi connectivity index (χ3n) is 1.88. The maximum atomic E-state index is 12.8. The van der Waals surface area contributed by atoms with E-state index in [4.69, 9.17) is 5.73 Å². The molecule has 5 heteroatoms. The van der Waals surface area contributed by atoms with Gasteiger partial charge in [-0.25, -0.2) is 14.4 Å². The van der Waals surface area contributed by atoms with Gasteiger partial charge in [0, 0.05) is 5.56 Å². The zero-order chi connectivity index (χ0) is 10.8. The van der Waals surface area contributed by atoms with Crippen molar-refractivity contribution in [2.45, 2.75) is 0 Å². The van der Waals surface area contributed by atoms with Crippen molar-refractivity contribution in [1.29, 1.82) is 0 Å². The molecule has 0 fully saturated rings. The van der Waals surface area contributed by atoms with E-state index < -0.39 is 5.82 Å². The molecule has 0 aliphatic rings. The Morgan fingerprint density at radius 1 is 1.33 bits per heavy atom. The zero-order valence-electron chi connectivity index (χ0n) is 7.68. The third kappa shape index (κ3) is 1.85. The molecule has 0 saturated heterocycles. The molecule has 1 aromatic carbocycles. The molecule has 0 saturated carbocycles. The van der Waals surface area contributed by atoms with E-state index in [2.05, 4.69) is 9.97 Å². The Balaban J connectivity index is 2.50. The number of aromatic nitrogens is 2. The van der Waals surface area contributed by atoms with Crippen LogP contribution in [0.5, 0.6) is 5.75 Å². The molecule has 1 aromatic heterocycles. The molecule has 0 atom stereocenters. The predicted octanol–water partition coefficient (Wildman–Crippen LogP) is 1.57. The summed E-state index contributed by atoms with van der Waals surface area (Å²) in [4.78, 5) is 7.54. The van der Waals surface area contributed by atoms with Crippen molar-refractivity contribution in [2.24, 2.45) is 0 Å². The van der Waals surface area contributed by atoms with Crippen LogP contribution in [-0.4, -0.2) is 15.1 Å². The van der Waals surface area contributed by atoms with Gasteiger partial charge < -0.3 is 10.8 Å². The van der Waals surface area contributed by atoms with Gasteiger partial charge in [0.25, 0.3) is 0 Å². The molecule has 1 heterocycles. The number of nitrogens with zero attached hydrogens (tertiary/aromatic N) is 2. The van der Waals surface area contributed by atoms with Crippen LogP contribution in [0.15, 0.2) is 30.5 Å². The summed E-state index contributed by atoms with van der Waals surface area (Å²) in [5.74, 6) is -0.481. The maximum Gasteiger partial charge on any atom is 0.183 e. The lowest BCUT2D eigenvalue weighted by Gasteiger charge is -2.01. The first-order valence-corrected chi connectivity index (χ1v) is 4.24. The highest BCUT2D eigenvalue weighted by Gasteiger charge is 2.05. The van der Waals surface area contributed by atoms with Crippen LogP contribution in [0.25, 0.3) is 11.4 Å². The van der Waals surface area contributed by atoms with Gasteiger partial charge in [-0.05, 0) is 12.1 Å². The highest BCUT2D eigenvalue weighted by molar-refractivity contribution is 5.58. The van der Waals surface area contributed by atoms with Crippen LogP contribution in [0.2, 0.25) is 0 Å². The maximum absolute atomic E-state index is 12.8. The van der Waals surface area contributed by atoms with E-state index in [-0.39, 0.29) is 17.4 Å². The lowest BCUT2D eigenvalue weighted by atomic mass is 10.2. The number of anilines is 1. The van der Waals surface area contributed by atoms with Crippen molar-refractivity contribution in [3.63, 3.8) is 0 Å². The third-order valence-corrected chi connectivity index (χ3v) is 1.88. The summed E-state index contributed by atoms with van der Waals surface area (Å²) in [6.45, 7) is 0. The molecule has 0 aliphatic carbocycles. The lowest BCUT2D eigenvalue weighted by Crippen LogP contribution is -1.98. The largest absolute Gasteiger partial charge is 0.508 e. The van der Waals surface area contributed by atoms with Crippen molar-refractivity contribution in [3.8, 4) is 17.1 Å². The molecule has 4 nitrogen and oxygen atoms in total. The highest BCUT2D eigenvalue weighted by atomic mass is 19.1. The predicted molar refractivity (Wildman–Crippen MR) is 53.5 cm³/mol. The molecule has 0 amide bonds. The molecule has 0 bridgehead atoms. The van der Waals surface area contributed by atoms with Crippen LogP contribution >= 0.6 is 0 Å². The molecule has 0 spiro atoms. The van der Waals surface area contributed by atoms with Crippen molar-refractivity contribution < 1.29 is 9.50 Å². The van der Waals surface area contributed by atoms with Gasteiger partial charge in [0.2, 0.25) is 0 Å². The van der Waals surface area contributed by atoms with Crippen molar-refractivity contribution in [1.82, 2.24) is 9.97 Å². The first kappa shape index (κ1) is 9.39. The molecule has 2 rings (SSSR count). The van der Waals surface area contributed by atoms with Crippen LogP contribution in [-0.2, 0) is 0 Å². The summed E-state index contributed by atoms with van der Waals surface area (Å²) < 4.78 is 12.8. The number of rotatable bonds is 1. The summed E-state index contributed by atoms with van der Waals surface area (Å²) in [7, 11) is 0. The van der Waals surface area contributed by atoms with Gasteiger partial charge in [-0.2, -0.15) is 0 Å². The first-order chi connectivity index (χ1) is 7.16. The number of phenolic OH excluding ortho intramolecular Hbond substituents is 1. The van der Waals surface area contributed by atoms with Crippen LogP contribution in [0.3, 0.4) is 0 Å². The number of phenols is 1. The molecule has 2 aromatic rings. The molecule has 0 aliphatic heterocycles. The fourth-order valence-electron chi connectivity index (χ4n) is 1.16. The van der Waals surface area contributed by atoms with E-state index in [1.54, 1.807) is 12.1 Å². The molecule has 0 radical (unpaired) electrons. The van der Waals surface area contributed by atoms with Crippen LogP contribution in [0.4, 0.5) is 10.2 Å². The fraction of sp³-hybridized carbons (Fsp3) is 0. The minimum absolute atomic E-state index is 0.0963. The number of hydrogen-bond acceptors (Lipinski definition) is 4. The van der Waals surface area contributed by atoms with E-state index in [0.717, 1.165) is 6.20 Å². The number of hydrogen-bond donors (Lipinski definition) is 2. The fourth-order valence-corrected chi connectivity index (χ4v) is 1.16. The van der Waals surface area contributed by atoms with E-state index in [0.29, 0.717) is 5.56 Å². The summed E-state index contributed by atoms with van der Waals surface area (Å²) >= 11 is 0. The van der Waals surface area contributed by atoms with Gasteiger partial charge in [-0.1, -0.05) is 12.1 Å². The van der Waals surface area contributed by atoms with Crippen molar-refractivity contribution in [3.05, 3.63) is 36.3 Å². The van der Waals surface area contributed by atoms with Crippen molar-refractivity contribution in [2.75, 3.05) is 5.73 Å². The van der Waals surface area contributed by atoms with E-state index in [1.165, 1.54) is 12.1 Å². The monoisotopic (exact) mass is 205 g/mol. The molecule has 15 heavy (non-hydrogen) atoms. The van der Waals surface area contributed by atoms with Crippen molar-refractivity contribution >= 4 is 5.82 Å². The molecule has 76 valence electrons. The molecule has 0 unspecified atom stereocenters. The minimum Gasteiger partial charge on any atom is -0.508 e. The summed E-state index contributed by atoms with van der Waals surface area (Å²) in [6, 6.07) is 6.35. The summed E-state index contributed by atoms with van der Waals surface area (Å²) in [5, 5.41) is 9.24. The van der Waals surface area contributed by atoms with Gasteiger partial charge >= 0.3 is 0 Å². The van der Waals surface area contributed by atoms with Gasteiger partial charge in [0.15, 0.2) is 17.5 Å². The smallest absolute Gasteiger partial charge is 0.183 e. The number of halogens is 1. The molecular formula is C10H8FN3O. The Hall–Kier alpha value is -2.17. The summed E-state index contributed by atoms with van der Waals surface area (Å²) in [6.07, 6.45) is 1.00. The number of benzene rings is 1. The number of nitrogens with two attached hydrogens (primary N) is 1. The summed E-state index contributed by atoms with van der Waals surface area (Å²) in [5.41, 5.74) is 5.89. The second-order valence-corrected chi connectivity index (χ2v) is 2.98. The highest BCUT2D eigenvalue weighted by Crippen LogP contribution is 2.20. The number of aromatic hydroxyl groups is 1. The Bertz CT molecular complexity index is 502. The van der Waals surface area contributed by atoms with E-state index in [9.17, 15) is 9.50 Å². The second-order valence-electron chi connectivity index (χ2n) is 2.98. The van der Waals surface area contributed by atoms with Gasteiger partial charge in [0.1, 0.15) is 5.75 Å². The van der Waals surface area contributed by atoms with Crippen LogP contribution in [0, 0.1) is 5.82 Å². The first-order valence-electron chi connectivity index (χ1n) is 4.24. The number of nitrogen functional groups attached to an aromatic ring is 1. The van der Waals surface area contributed by atoms with Crippen LogP contribution in [0.1, 0.15) is 0 Å². The minimum atomic E-state index is -0.654. The second kappa shape index (κ2) is 3.53. The Kier molecular flexibility index (Phi) is 2.21. The zero-order valence-corrected chi connectivity index (χ0v) is 7.68. The Labute approximate surface area is 85.2 Å². The lowest BCUT2D eigenvalue weighted by molar-refractivity contribution is 0.475. The van der Waals surface area contributed by atoms with Crippen LogP contribution < -0.4 is 5.73 Å². The van der Waals surface area contributed by atoms with E-state index >= 15 is 0 Å². The Morgan fingerprint density at radius 3 is 2.80 bits per heavy atom. The SMILES string of the molecule is Nc1nc(-c2cccc(O)c2)ncc1F. The standard InChI is InChI=1S/C10H8FN3O/c11-8-5-13-10(14-9(8)12)6-2-1-3-7(15)4-6/h1-5,15H,(H2,12,13,14). The average Bonchev–Trinajstić information content (AvgIpc) is 2.22. The molecule has 3 N–H and O–H groups in total. The van der Waals surface area contributed by atoms with Gasteiger partial charge in [-0.3, -0.25) is 0 Å². The average molecular weight is 205 g/mol. The van der Waals surface area contributed by atoms with Gasteiger partial charge in [-0.15, -0.1) is 0 Å². The van der Waals surface area contributed by atoms with Gasteiger partial charge in [0.05, 0.1) is 6.20 Å². The topological polar surface area (TPSA) is 72.0 Å². The van der Waals surface area contributed by atoms with E-state index in [1.807, 2.05) is 0 Å².